The number of aliphatic carboxylic acids is 3. The summed E-state index contributed by atoms with van der Waals surface area (Å²) in [5.41, 5.74) is 0.948. The summed E-state index contributed by atoms with van der Waals surface area (Å²) in [4.78, 5) is 58.2. The molecule has 228 valence electrons. The molecule has 1 aliphatic rings. The smallest absolute Gasteiger partial charge is 0.349 e. The highest BCUT2D eigenvalue weighted by atomic mass is 16.6. The van der Waals surface area contributed by atoms with Crippen molar-refractivity contribution >= 4 is 29.8 Å². The maximum absolute atomic E-state index is 12.0. The van der Waals surface area contributed by atoms with Crippen molar-refractivity contribution in [3.05, 3.63) is 108 Å². The standard InChI is InChI=1S/C18H14O8.C13H17NO2.H2O/c19-15(20)13(25-17(23)11-7-3-1-4-8-11)14(16(21)22)26-18(24)12-9-5-2-6-10-12;15-13(16)12(10-6-2-1-3-7-10)11-8-4-5-9-14-11;/h1-10,13-14H,(H,19,20)(H,21,22);1-3,6-7,11-12,14H,4-5,8-9H2,(H,15,16);1H2/t13-,14-;;/m1../s1. The average molecular weight is 596 g/mol. The van der Waals surface area contributed by atoms with Crippen LogP contribution in [0, 0.1) is 0 Å². The minimum absolute atomic E-state index is 0. The van der Waals surface area contributed by atoms with E-state index in [4.69, 9.17) is 9.47 Å². The number of benzene rings is 3. The first-order valence-electron chi connectivity index (χ1n) is 13.2. The molecule has 0 radical (unpaired) electrons. The molecule has 4 atom stereocenters. The molecule has 43 heavy (non-hydrogen) atoms. The number of ether oxygens (including phenoxy) is 2. The lowest BCUT2D eigenvalue weighted by molar-refractivity contribution is -0.166. The van der Waals surface area contributed by atoms with Gasteiger partial charge in [0.2, 0.25) is 12.2 Å². The lowest BCUT2D eigenvalue weighted by Gasteiger charge is -2.29. The van der Waals surface area contributed by atoms with E-state index >= 15 is 0 Å². The van der Waals surface area contributed by atoms with E-state index in [0.717, 1.165) is 31.4 Å². The van der Waals surface area contributed by atoms with E-state index in [2.05, 4.69) is 5.32 Å². The van der Waals surface area contributed by atoms with Crippen LogP contribution in [0.5, 0.6) is 0 Å². The molecule has 1 aliphatic heterocycles. The molecular formula is C31H33NO11. The number of carboxylic acid groups (broad SMARTS) is 3. The first-order chi connectivity index (χ1) is 20.2. The summed E-state index contributed by atoms with van der Waals surface area (Å²) in [5.74, 6) is -6.78. The number of hydrogen-bond donors (Lipinski definition) is 4. The van der Waals surface area contributed by atoms with Crippen LogP contribution in [0.3, 0.4) is 0 Å². The maximum Gasteiger partial charge on any atom is 0.349 e. The monoisotopic (exact) mass is 595 g/mol. The van der Waals surface area contributed by atoms with Gasteiger partial charge < -0.3 is 35.6 Å². The Labute approximate surface area is 247 Å². The van der Waals surface area contributed by atoms with Crippen molar-refractivity contribution in [1.82, 2.24) is 5.32 Å². The van der Waals surface area contributed by atoms with Crippen molar-refractivity contribution in [1.29, 1.82) is 0 Å². The zero-order chi connectivity index (χ0) is 30.5. The van der Waals surface area contributed by atoms with E-state index in [9.17, 15) is 39.3 Å². The van der Waals surface area contributed by atoms with Gasteiger partial charge in [0.1, 0.15) is 0 Å². The zero-order valence-electron chi connectivity index (χ0n) is 23.0. The molecule has 0 amide bonds. The summed E-state index contributed by atoms with van der Waals surface area (Å²) in [7, 11) is 0. The van der Waals surface area contributed by atoms with E-state index in [-0.39, 0.29) is 22.6 Å². The Kier molecular flexibility index (Phi) is 13.5. The molecule has 12 nitrogen and oxygen atoms in total. The molecular weight excluding hydrogens is 562 g/mol. The van der Waals surface area contributed by atoms with Crippen molar-refractivity contribution in [2.24, 2.45) is 0 Å². The van der Waals surface area contributed by atoms with Crippen LogP contribution in [-0.2, 0) is 23.9 Å². The highest BCUT2D eigenvalue weighted by molar-refractivity contribution is 5.95. The molecule has 0 aliphatic carbocycles. The highest BCUT2D eigenvalue weighted by Gasteiger charge is 2.41. The molecule has 0 spiro atoms. The Morgan fingerprint density at radius 2 is 1.05 bits per heavy atom. The van der Waals surface area contributed by atoms with Gasteiger partial charge in [-0.05, 0) is 49.2 Å². The normalized spacial score (nSPS) is 16.0. The van der Waals surface area contributed by atoms with Crippen molar-refractivity contribution in [2.75, 3.05) is 6.54 Å². The number of carbonyl (C=O) groups excluding carboxylic acids is 2. The Morgan fingerprint density at radius 3 is 1.40 bits per heavy atom. The predicted molar refractivity (Wildman–Crippen MR) is 153 cm³/mol. The molecule has 2 unspecified atom stereocenters. The Balaban J connectivity index is 0.000000325. The molecule has 3 aromatic carbocycles. The summed E-state index contributed by atoms with van der Waals surface area (Å²) < 4.78 is 9.52. The van der Waals surface area contributed by atoms with Crippen LogP contribution in [0.25, 0.3) is 0 Å². The number of nitrogens with one attached hydrogen (secondary N) is 1. The number of hydrogen-bond acceptors (Lipinski definition) is 8. The molecule has 0 saturated carbocycles. The molecule has 1 saturated heterocycles. The van der Waals surface area contributed by atoms with Gasteiger partial charge in [0.05, 0.1) is 17.0 Å². The Morgan fingerprint density at radius 1 is 0.628 bits per heavy atom. The van der Waals surface area contributed by atoms with Crippen LogP contribution in [0.15, 0.2) is 91.0 Å². The summed E-state index contributed by atoms with van der Waals surface area (Å²) in [6.07, 6.45) is -1.21. The van der Waals surface area contributed by atoms with Crippen molar-refractivity contribution in [2.45, 2.75) is 43.4 Å². The van der Waals surface area contributed by atoms with Crippen molar-refractivity contribution in [3.8, 4) is 0 Å². The highest BCUT2D eigenvalue weighted by Crippen LogP contribution is 2.25. The molecule has 6 N–H and O–H groups in total. The minimum Gasteiger partial charge on any atom is -0.481 e. The fraction of sp³-hybridized carbons (Fsp3) is 0.258. The van der Waals surface area contributed by atoms with Crippen LogP contribution in [0.4, 0.5) is 0 Å². The number of esters is 2. The van der Waals surface area contributed by atoms with E-state index in [1.54, 1.807) is 12.1 Å². The van der Waals surface area contributed by atoms with E-state index in [0.29, 0.717) is 0 Å². The Bertz CT molecular complexity index is 1270. The molecule has 0 aromatic heterocycles. The summed E-state index contributed by atoms with van der Waals surface area (Å²) in [6.45, 7) is 0.932. The second-order valence-corrected chi connectivity index (χ2v) is 9.34. The first kappa shape index (κ1) is 34.1. The Hall–Kier alpha value is -5.07. The van der Waals surface area contributed by atoms with Crippen LogP contribution in [0.1, 0.15) is 51.5 Å². The van der Waals surface area contributed by atoms with Crippen LogP contribution < -0.4 is 5.32 Å². The lowest BCUT2D eigenvalue weighted by Crippen LogP contribution is -2.45. The molecule has 3 aromatic rings. The number of rotatable bonds is 10. The van der Waals surface area contributed by atoms with E-state index < -0.39 is 48.0 Å². The first-order valence-corrected chi connectivity index (χ1v) is 13.2. The van der Waals surface area contributed by atoms with Gasteiger partial charge in [-0.25, -0.2) is 19.2 Å². The number of carbonyl (C=O) groups is 5. The lowest BCUT2D eigenvalue weighted by atomic mass is 9.86. The fourth-order valence-electron chi connectivity index (χ4n) is 4.37. The predicted octanol–water partition coefficient (Wildman–Crippen LogP) is 2.78. The van der Waals surface area contributed by atoms with Crippen LogP contribution in [-0.4, -0.2) is 75.4 Å². The molecule has 12 heteroatoms. The minimum atomic E-state index is -2.21. The van der Waals surface area contributed by atoms with Gasteiger partial charge in [-0.3, -0.25) is 4.79 Å². The quantitative estimate of drug-likeness (QED) is 0.251. The third kappa shape index (κ3) is 10.1. The van der Waals surface area contributed by atoms with E-state index in [1.165, 1.54) is 48.5 Å². The molecule has 1 fully saturated rings. The number of piperidine rings is 1. The molecule has 4 rings (SSSR count). The summed E-state index contributed by atoms with van der Waals surface area (Å²) >= 11 is 0. The molecule has 0 bridgehead atoms. The summed E-state index contributed by atoms with van der Waals surface area (Å²) in [5, 5.41) is 31.1. The van der Waals surface area contributed by atoms with Gasteiger partial charge in [-0.1, -0.05) is 73.2 Å². The third-order valence-corrected chi connectivity index (χ3v) is 6.42. The van der Waals surface area contributed by atoms with Gasteiger partial charge in [0, 0.05) is 6.04 Å². The van der Waals surface area contributed by atoms with Crippen molar-refractivity contribution < 1.29 is 54.2 Å². The van der Waals surface area contributed by atoms with Gasteiger partial charge in [-0.2, -0.15) is 0 Å². The largest absolute Gasteiger partial charge is 0.481 e. The SMILES string of the molecule is O.O=C(O)C(c1ccccc1)C1CCCCN1.O=C(O[C@@H](C(=O)O)[C@@H](OC(=O)c1ccccc1)C(=O)O)c1ccccc1. The fourth-order valence-corrected chi connectivity index (χ4v) is 4.37. The van der Waals surface area contributed by atoms with E-state index in [1.807, 2.05) is 30.3 Å². The molecule has 1 heterocycles. The summed E-state index contributed by atoms with van der Waals surface area (Å²) in [6, 6.07) is 24.4. The zero-order valence-corrected chi connectivity index (χ0v) is 23.0. The second kappa shape index (κ2) is 17.0. The van der Waals surface area contributed by atoms with Gasteiger partial charge in [0.15, 0.2) is 0 Å². The average Bonchev–Trinajstić information content (AvgIpc) is 3.00. The van der Waals surface area contributed by atoms with Crippen LogP contribution in [0.2, 0.25) is 0 Å². The van der Waals surface area contributed by atoms with Crippen molar-refractivity contribution in [3.63, 3.8) is 0 Å². The maximum atomic E-state index is 12.0. The topological polar surface area (TPSA) is 208 Å². The van der Waals surface area contributed by atoms with Crippen LogP contribution >= 0.6 is 0 Å². The third-order valence-electron chi connectivity index (χ3n) is 6.42. The second-order valence-electron chi connectivity index (χ2n) is 9.34. The van der Waals surface area contributed by atoms with Gasteiger partial charge in [0.25, 0.3) is 0 Å². The van der Waals surface area contributed by atoms with Gasteiger partial charge >= 0.3 is 29.8 Å². The number of carboxylic acids is 3. The van der Waals surface area contributed by atoms with Gasteiger partial charge in [-0.15, -0.1) is 0 Å².